The predicted molar refractivity (Wildman–Crippen MR) is 90.2 cm³/mol. The van der Waals surface area contributed by atoms with Gasteiger partial charge in [-0.05, 0) is 25.2 Å². The molecule has 0 spiro atoms. The lowest BCUT2D eigenvalue weighted by Crippen LogP contribution is -2.59. The number of thioether (sulfide) groups is 1. The van der Waals surface area contributed by atoms with E-state index in [9.17, 15) is 9.59 Å². The summed E-state index contributed by atoms with van der Waals surface area (Å²) < 4.78 is 5.45. The number of ketones is 1. The van der Waals surface area contributed by atoms with Crippen LogP contribution in [0.5, 0.6) is 0 Å². The summed E-state index contributed by atoms with van der Waals surface area (Å²) in [4.78, 5) is 29.0. The van der Waals surface area contributed by atoms with Gasteiger partial charge in [0, 0.05) is 42.7 Å². The molecule has 0 aliphatic carbocycles. The minimum Gasteiger partial charge on any atom is -0.379 e. The molecular weight excluding hydrogens is 314 g/mol. The number of aromatic nitrogens is 1. The summed E-state index contributed by atoms with van der Waals surface area (Å²) in [6.45, 7) is 5.50. The number of amides is 1. The number of ether oxygens (including phenoxy) is 1. The minimum absolute atomic E-state index is 0.0279. The van der Waals surface area contributed by atoms with Crippen molar-refractivity contribution in [2.75, 3.05) is 44.4 Å². The fraction of sp³-hybridized carbons (Fsp3) is 0.625. The zero-order chi connectivity index (χ0) is 16.3. The third kappa shape index (κ3) is 3.62. The molecule has 1 atom stereocenters. The van der Waals surface area contributed by atoms with Gasteiger partial charge in [-0.1, -0.05) is 0 Å². The number of hydrogen-bond acceptors (Lipinski definition) is 5. The summed E-state index contributed by atoms with van der Waals surface area (Å²) >= 11 is 1.94. The number of carbonyl (C=O) groups is 2. The molecule has 1 amide bonds. The Morgan fingerprint density at radius 1 is 1.43 bits per heavy atom. The van der Waals surface area contributed by atoms with Crippen LogP contribution in [-0.2, 0) is 4.74 Å². The van der Waals surface area contributed by atoms with Gasteiger partial charge in [0.2, 0.25) is 0 Å². The lowest BCUT2D eigenvalue weighted by Gasteiger charge is -2.43. The van der Waals surface area contributed by atoms with Crippen molar-refractivity contribution in [3.8, 4) is 0 Å². The number of H-pyrrole nitrogens is 1. The van der Waals surface area contributed by atoms with Crippen LogP contribution in [0, 0.1) is 0 Å². The Hall–Kier alpha value is -1.31. The third-order valence-electron chi connectivity index (χ3n) is 4.68. The number of Topliss-reactive ketones (excluding diaryl/α,β-unsaturated/α-hetero) is 1. The van der Waals surface area contributed by atoms with Crippen molar-refractivity contribution < 1.29 is 14.3 Å². The monoisotopic (exact) mass is 337 g/mol. The lowest BCUT2D eigenvalue weighted by atomic mass is 9.95. The van der Waals surface area contributed by atoms with E-state index in [1.165, 1.54) is 6.92 Å². The molecule has 2 saturated heterocycles. The maximum Gasteiger partial charge on any atom is 0.267 e. The maximum absolute atomic E-state index is 12.4. The van der Waals surface area contributed by atoms with Crippen LogP contribution in [0.15, 0.2) is 12.3 Å². The molecular formula is C16H23N3O3S. The van der Waals surface area contributed by atoms with Crippen molar-refractivity contribution in [2.45, 2.75) is 18.9 Å². The van der Waals surface area contributed by atoms with Crippen LogP contribution < -0.4 is 5.32 Å². The number of rotatable bonds is 5. The molecule has 2 aliphatic heterocycles. The van der Waals surface area contributed by atoms with E-state index in [0.29, 0.717) is 17.8 Å². The minimum atomic E-state index is -0.151. The Kier molecular flexibility index (Phi) is 5.08. The van der Waals surface area contributed by atoms with Crippen molar-refractivity contribution in [1.29, 1.82) is 0 Å². The maximum atomic E-state index is 12.4. The average Bonchev–Trinajstić information content (AvgIpc) is 3.24. The van der Waals surface area contributed by atoms with Gasteiger partial charge >= 0.3 is 0 Å². The Morgan fingerprint density at radius 2 is 2.22 bits per heavy atom. The number of morpholine rings is 1. The Balaban J connectivity index is 1.64. The largest absolute Gasteiger partial charge is 0.379 e. The highest BCUT2D eigenvalue weighted by Gasteiger charge is 2.40. The fourth-order valence-electron chi connectivity index (χ4n) is 3.20. The second kappa shape index (κ2) is 7.07. The van der Waals surface area contributed by atoms with Gasteiger partial charge in [0.15, 0.2) is 5.78 Å². The predicted octanol–water partition coefficient (Wildman–Crippen LogP) is 1.15. The normalized spacial score (nSPS) is 25.4. The summed E-state index contributed by atoms with van der Waals surface area (Å²) in [6, 6.07) is 1.61. The summed E-state index contributed by atoms with van der Waals surface area (Å²) in [7, 11) is 0. The molecule has 3 rings (SSSR count). The van der Waals surface area contributed by atoms with E-state index in [0.717, 1.165) is 44.2 Å². The standard InChI is InChI=1S/C16H23N3O3S/c1-12(20)13-8-14(17-9-13)15(21)18-10-16(2-7-23-11-16)19-3-5-22-6-4-19/h8-9,17H,2-7,10-11H2,1H3,(H,18,21)/t16-/m1/s1. The van der Waals surface area contributed by atoms with E-state index in [2.05, 4.69) is 15.2 Å². The summed E-state index contributed by atoms with van der Waals surface area (Å²) in [5, 5.41) is 3.05. The smallest absolute Gasteiger partial charge is 0.267 e. The van der Waals surface area contributed by atoms with Crippen molar-refractivity contribution in [3.05, 3.63) is 23.5 Å². The van der Waals surface area contributed by atoms with E-state index in [4.69, 9.17) is 4.74 Å². The Morgan fingerprint density at radius 3 is 2.83 bits per heavy atom. The highest BCUT2D eigenvalue weighted by Crippen LogP contribution is 2.33. The molecule has 126 valence electrons. The number of aromatic amines is 1. The molecule has 3 heterocycles. The summed E-state index contributed by atoms with van der Waals surface area (Å²) in [6.07, 6.45) is 2.67. The number of nitrogens with one attached hydrogen (secondary N) is 2. The van der Waals surface area contributed by atoms with Crippen LogP contribution in [0.4, 0.5) is 0 Å². The molecule has 2 N–H and O–H groups in total. The van der Waals surface area contributed by atoms with Gasteiger partial charge < -0.3 is 15.0 Å². The van der Waals surface area contributed by atoms with Crippen LogP contribution in [0.25, 0.3) is 0 Å². The van der Waals surface area contributed by atoms with Crippen LogP contribution in [0.3, 0.4) is 0 Å². The van der Waals surface area contributed by atoms with Crippen molar-refractivity contribution >= 4 is 23.5 Å². The number of carbonyl (C=O) groups excluding carboxylic acids is 2. The van der Waals surface area contributed by atoms with Gasteiger partial charge in [-0.3, -0.25) is 14.5 Å². The van der Waals surface area contributed by atoms with E-state index in [-0.39, 0.29) is 17.2 Å². The SMILES string of the molecule is CC(=O)c1c[nH]c(C(=O)NC[C@]2(N3CCOCC3)CCSC2)c1. The molecule has 23 heavy (non-hydrogen) atoms. The zero-order valence-electron chi connectivity index (χ0n) is 13.4. The third-order valence-corrected chi connectivity index (χ3v) is 5.91. The highest BCUT2D eigenvalue weighted by molar-refractivity contribution is 7.99. The Labute approximate surface area is 140 Å². The van der Waals surface area contributed by atoms with E-state index >= 15 is 0 Å². The first-order valence-electron chi connectivity index (χ1n) is 7.99. The first-order chi connectivity index (χ1) is 11.1. The molecule has 1 aromatic rings. The average molecular weight is 337 g/mol. The highest BCUT2D eigenvalue weighted by atomic mass is 32.2. The van der Waals surface area contributed by atoms with Gasteiger partial charge in [0.25, 0.3) is 5.91 Å². The van der Waals surface area contributed by atoms with Gasteiger partial charge in [-0.2, -0.15) is 11.8 Å². The molecule has 0 unspecified atom stereocenters. The van der Waals surface area contributed by atoms with Gasteiger partial charge in [0.05, 0.1) is 13.2 Å². The summed E-state index contributed by atoms with van der Waals surface area (Å²) in [5.41, 5.74) is 1.01. The molecule has 0 saturated carbocycles. The first-order valence-corrected chi connectivity index (χ1v) is 9.14. The van der Waals surface area contributed by atoms with Gasteiger partial charge in [-0.25, -0.2) is 0 Å². The molecule has 2 fully saturated rings. The van der Waals surface area contributed by atoms with Crippen LogP contribution in [0.2, 0.25) is 0 Å². The molecule has 0 bridgehead atoms. The zero-order valence-corrected chi connectivity index (χ0v) is 14.2. The van der Waals surface area contributed by atoms with Crippen molar-refractivity contribution in [3.63, 3.8) is 0 Å². The lowest BCUT2D eigenvalue weighted by molar-refractivity contribution is -0.0129. The number of hydrogen-bond donors (Lipinski definition) is 2. The molecule has 6 nitrogen and oxygen atoms in total. The van der Waals surface area contributed by atoms with E-state index < -0.39 is 0 Å². The second-order valence-corrected chi connectivity index (χ2v) is 7.27. The topological polar surface area (TPSA) is 74.4 Å². The van der Waals surface area contributed by atoms with E-state index in [1.54, 1.807) is 12.3 Å². The first kappa shape index (κ1) is 16.5. The van der Waals surface area contributed by atoms with Crippen molar-refractivity contribution in [1.82, 2.24) is 15.2 Å². The molecule has 0 radical (unpaired) electrons. The Bertz CT molecular complexity index is 575. The quantitative estimate of drug-likeness (QED) is 0.789. The molecule has 2 aliphatic rings. The van der Waals surface area contributed by atoms with Crippen LogP contribution >= 0.6 is 11.8 Å². The number of nitrogens with zero attached hydrogens (tertiary/aromatic N) is 1. The summed E-state index contributed by atoms with van der Waals surface area (Å²) in [5.74, 6) is 1.97. The fourth-order valence-corrected chi connectivity index (χ4v) is 4.68. The van der Waals surface area contributed by atoms with Crippen LogP contribution in [-0.4, -0.2) is 71.5 Å². The van der Waals surface area contributed by atoms with Gasteiger partial charge in [-0.15, -0.1) is 0 Å². The van der Waals surface area contributed by atoms with Crippen LogP contribution in [0.1, 0.15) is 34.2 Å². The van der Waals surface area contributed by atoms with E-state index in [1.807, 2.05) is 11.8 Å². The molecule has 0 aromatic carbocycles. The van der Waals surface area contributed by atoms with Gasteiger partial charge in [0.1, 0.15) is 5.69 Å². The van der Waals surface area contributed by atoms with Crippen molar-refractivity contribution in [2.24, 2.45) is 0 Å². The second-order valence-electron chi connectivity index (χ2n) is 6.17. The molecule has 7 heteroatoms. The molecule has 1 aromatic heterocycles.